The number of carbonyl (C=O) groups excluding carboxylic acids is 1. The van der Waals surface area contributed by atoms with Crippen molar-refractivity contribution in [2.45, 2.75) is 20.0 Å². The zero-order valence-corrected chi connectivity index (χ0v) is 15.2. The predicted molar refractivity (Wildman–Crippen MR) is 97.1 cm³/mol. The Hall–Kier alpha value is -2.53. The summed E-state index contributed by atoms with van der Waals surface area (Å²) in [6.45, 7) is 4.64. The third kappa shape index (κ3) is 4.97. The van der Waals surface area contributed by atoms with E-state index in [-0.39, 0.29) is 5.97 Å². The first kappa shape index (κ1) is 18.8. The van der Waals surface area contributed by atoms with E-state index in [1.807, 2.05) is 30.3 Å². The molecule has 5 heteroatoms. The molecule has 2 aromatic carbocycles. The first-order valence-electron chi connectivity index (χ1n) is 8.21. The zero-order valence-electron chi connectivity index (χ0n) is 15.2. The van der Waals surface area contributed by atoms with Crippen molar-refractivity contribution in [3.8, 4) is 11.5 Å². The number of ether oxygens (including phenoxy) is 3. The van der Waals surface area contributed by atoms with Crippen LogP contribution in [-0.4, -0.2) is 38.7 Å². The van der Waals surface area contributed by atoms with Crippen LogP contribution in [-0.2, 0) is 17.8 Å². The van der Waals surface area contributed by atoms with Crippen LogP contribution in [0, 0.1) is 0 Å². The number of esters is 1. The van der Waals surface area contributed by atoms with Gasteiger partial charge < -0.3 is 14.2 Å². The molecule has 0 N–H and O–H groups in total. The number of hydrogen-bond acceptors (Lipinski definition) is 5. The summed E-state index contributed by atoms with van der Waals surface area (Å²) in [5, 5.41) is 0. The molecule has 5 nitrogen and oxygen atoms in total. The molecule has 0 bridgehead atoms. The smallest absolute Gasteiger partial charge is 0.337 e. The van der Waals surface area contributed by atoms with Gasteiger partial charge in [-0.2, -0.15) is 0 Å². The van der Waals surface area contributed by atoms with Gasteiger partial charge in [0.1, 0.15) is 0 Å². The molecule has 0 unspecified atom stereocenters. The Bertz CT molecular complexity index is 697. The van der Waals surface area contributed by atoms with E-state index in [2.05, 4.69) is 11.8 Å². The van der Waals surface area contributed by atoms with Crippen LogP contribution in [0.4, 0.5) is 0 Å². The highest BCUT2D eigenvalue weighted by Crippen LogP contribution is 2.28. The molecule has 25 heavy (non-hydrogen) atoms. The standard InChI is InChI=1S/C20H25NO4/c1-5-21(13-15-6-9-17(10-7-15)20(22)25-4)14-16-8-11-18(23-2)19(12-16)24-3/h6-12H,5,13-14H2,1-4H3. The number of benzene rings is 2. The fourth-order valence-electron chi connectivity index (χ4n) is 2.64. The van der Waals surface area contributed by atoms with E-state index >= 15 is 0 Å². The summed E-state index contributed by atoms with van der Waals surface area (Å²) in [5.41, 5.74) is 2.87. The van der Waals surface area contributed by atoms with E-state index < -0.39 is 0 Å². The second-order valence-electron chi connectivity index (χ2n) is 5.68. The summed E-state index contributed by atoms with van der Waals surface area (Å²) in [6, 6.07) is 13.5. The molecule has 0 heterocycles. The molecule has 0 amide bonds. The van der Waals surface area contributed by atoms with Gasteiger partial charge in [-0.05, 0) is 41.9 Å². The van der Waals surface area contributed by atoms with Crippen molar-refractivity contribution in [1.82, 2.24) is 4.90 Å². The van der Waals surface area contributed by atoms with Gasteiger partial charge in [0.05, 0.1) is 26.9 Å². The van der Waals surface area contributed by atoms with Gasteiger partial charge in [-0.15, -0.1) is 0 Å². The summed E-state index contributed by atoms with van der Waals surface area (Å²) in [5.74, 6) is 1.15. The van der Waals surface area contributed by atoms with Gasteiger partial charge in [-0.25, -0.2) is 4.79 Å². The molecule has 0 aliphatic heterocycles. The topological polar surface area (TPSA) is 48.0 Å². The maximum absolute atomic E-state index is 11.5. The lowest BCUT2D eigenvalue weighted by Gasteiger charge is -2.21. The van der Waals surface area contributed by atoms with Crippen molar-refractivity contribution in [3.63, 3.8) is 0 Å². The van der Waals surface area contributed by atoms with Gasteiger partial charge in [0.15, 0.2) is 11.5 Å². The molecular weight excluding hydrogens is 318 g/mol. The predicted octanol–water partition coefficient (Wildman–Crippen LogP) is 3.51. The zero-order chi connectivity index (χ0) is 18.2. The lowest BCUT2D eigenvalue weighted by molar-refractivity contribution is 0.0600. The third-order valence-electron chi connectivity index (χ3n) is 4.08. The molecule has 0 saturated carbocycles. The van der Waals surface area contributed by atoms with Crippen LogP contribution in [0.25, 0.3) is 0 Å². The largest absolute Gasteiger partial charge is 0.493 e. The Morgan fingerprint density at radius 2 is 1.48 bits per heavy atom. The van der Waals surface area contributed by atoms with E-state index in [1.165, 1.54) is 7.11 Å². The Morgan fingerprint density at radius 1 is 0.880 bits per heavy atom. The van der Waals surface area contributed by atoms with Crippen molar-refractivity contribution < 1.29 is 19.0 Å². The van der Waals surface area contributed by atoms with Gasteiger partial charge in [0.25, 0.3) is 0 Å². The summed E-state index contributed by atoms with van der Waals surface area (Å²) in [6.07, 6.45) is 0. The number of rotatable bonds is 8. The van der Waals surface area contributed by atoms with E-state index in [9.17, 15) is 4.79 Å². The van der Waals surface area contributed by atoms with Crippen LogP contribution < -0.4 is 9.47 Å². The van der Waals surface area contributed by atoms with Crippen molar-refractivity contribution in [2.75, 3.05) is 27.9 Å². The van der Waals surface area contributed by atoms with E-state index in [0.29, 0.717) is 5.56 Å². The fourth-order valence-corrected chi connectivity index (χ4v) is 2.64. The van der Waals surface area contributed by atoms with Crippen molar-refractivity contribution in [2.24, 2.45) is 0 Å². The minimum Gasteiger partial charge on any atom is -0.493 e. The summed E-state index contributed by atoms with van der Waals surface area (Å²) in [4.78, 5) is 13.8. The third-order valence-corrected chi connectivity index (χ3v) is 4.08. The van der Waals surface area contributed by atoms with Crippen LogP contribution >= 0.6 is 0 Å². The molecule has 134 valence electrons. The monoisotopic (exact) mass is 343 g/mol. The normalized spacial score (nSPS) is 10.6. The highest BCUT2D eigenvalue weighted by atomic mass is 16.5. The molecule has 0 saturated heterocycles. The Labute approximate surface area is 149 Å². The average molecular weight is 343 g/mol. The van der Waals surface area contributed by atoms with Crippen LogP contribution in [0.3, 0.4) is 0 Å². The Balaban J connectivity index is 2.06. The molecule has 2 rings (SSSR count). The SMILES string of the molecule is CCN(Cc1ccc(C(=O)OC)cc1)Cc1ccc(OC)c(OC)c1. The molecule has 0 aliphatic rings. The van der Waals surface area contributed by atoms with Crippen molar-refractivity contribution >= 4 is 5.97 Å². The lowest BCUT2D eigenvalue weighted by Crippen LogP contribution is -2.22. The first-order valence-corrected chi connectivity index (χ1v) is 8.21. The molecule has 0 radical (unpaired) electrons. The molecule has 0 aromatic heterocycles. The molecule has 2 aromatic rings. The lowest BCUT2D eigenvalue weighted by atomic mass is 10.1. The summed E-state index contributed by atoms with van der Waals surface area (Å²) >= 11 is 0. The maximum atomic E-state index is 11.5. The summed E-state index contributed by atoms with van der Waals surface area (Å²) < 4.78 is 15.4. The number of nitrogens with zero attached hydrogens (tertiary/aromatic N) is 1. The maximum Gasteiger partial charge on any atom is 0.337 e. The molecule has 0 fully saturated rings. The van der Waals surface area contributed by atoms with Gasteiger partial charge in [0.2, 0.25) is 0 Å². The quantitative estimate of drug-likeness (QED) is 0.687. The second-order valence-corrected chi connectivity index (χ2v) is 5.68. The van der Waals surface area contributed by atoms with Crippen LogP contribution in [0.15, 0.2) is 42.5 Å². The number of methoxy groups -OCH3 is 3. The van der Waals surface area contributed by atoms with Gasteiger partial charge >= 0.3 is 5.97 Å². The second kappa shape index (κ2) is 9.08. The molecule has 0 aliphatic carbocycles. The first-order chi connectivity index (χ1) is 12.1. The minimum atomic E-state index is -0.316. The van der Waals surface area contributed by atoms with Gasteiger partial charge in [-0.3, -0.25) is 4.90 Å². The molecule has 0 spiro atoms. The van der Waals surface area contributed by atoms with Crippen LogP contribution in [0.2, 0.25) is 0 Å². The Kier molecular flexibility index (Phi) is 6.83. The van der Waals surface area contributed by atoms with Crippen molar-refractivity contribution in [3.05, 3.63) is 59.2 Å². The molecular formula is C20H25NO4. The number of carbonyl (C=O) groups is 1. The van der Waals surface area contributed by atoms with E-state index in [1.54, 1.807) is 26.4 Å². The van der Waals surface area contributed by atoms with E-state index in [0.717, 1.165) is 42.3 Å². The highest BCUT2D eigenvalue weighted by molar-refractivity contribution is 5.89. The average Bonchev–Trinajstić information content (AvgIpc) is 2.67. The number of hydrogen-bond donors (Lipinski definition) is 0. The molecule has 0 atom stereocenters. The fraction of sp³-hybridized carbons (Fsp3) is 0.350. The van der Waals surface area contributed by atoms with Crippen molar-refractivity contribution in [1.29, 1.82) is 0 Å². The Morgan fingerprint density at radius 3 is 2.04 bits per heavy atom. The van der Waals surface area contributed by atoms with Gasteiger partial charge in [0, 0.05) is 13.1 Å². The van der Waals surface area contributed by atoms with Crippen LogP contribution in [0.5, 0.6) is 11.5 Å². The summed E-state index contributed by atoms with van der Waals surface area (Å²) in [7, 11) is 4.66. The van der Waals surface area contributed by atoms with E-state index in [4.69, 9.17) is 14.2 Å². The highest BCUT2D eigenvalue weighted by Gasteiger charge is 2.10. The van der Waals surface area contributed by atoms with Crippen LogP contribution in [0.1, 0.15) is 28.4 Å². The van der Waals surface area contributed by atoms with Gasteiger partial charge in [-0.1, -0.05) is 25.1 Å². The minimum absolute atomic E-state index is 0.316.